The van der Waals surface area contributed by atoms with E-state index in [4.69, 9.17) is 23.8 Å². The molecule has 1 saturated heterocycles. The molecule has 0 amide bonds. The van der Waals surface area contributed by atoms with Crippen molar-refractivity contribution in [2.45, 2.75) is 42.4 Å². The number of carbonyl (C=O) groups is 2. The molecule has 0 spiro atoms. The van der Waals surface area contributed by atoms with E-state index in [2.05, 4.69) is 0 Å². The van der Waals surface area contributed by atoms with Gasteiger partial charge in [-0.05, 0) is 31.9 Å². The lowest BCUT2D eigenvalue weighted by Gasteiger charge is -2.24. The van der Waals surface area contributed by atoms with Gasteiger partial charge in [-0.15, -0.1) is 0 Å². The van der Waals surface area contributed by atoms with E-state index in [1.165, 1.54) is 30.0 Å². The lowest BCUT2D eigenvalue weighted by Crippen LogP contribution is -2.41. The van der Waals surface area contributed by atoms with Crippen molar-refractivity contribution in [3.05, 3.63) is 29.3 Å². The van der Waals surface area contributed by atoms with Gasteiger partial charge in [-0.25, -0.2) is 13.2 Å². The van der Waals surface area contributed by atoms with Crippen LogP contribution < -0.4 is 0 Å². The molecule has 0 aromatic heterocycles. The van der Waals surface area contributed by atoms with E-state index in [1.807, 2.05) is 0 Å². The van der Waals surface area contributed by atoms with E-state index < -0.39 is 32.9 Å². The number of ketones is 1. The third-order valence-electron chi connectivity index (χ3n) is 4.25. The number of carbonyl (C=O) groups excluding carboxylic acids is 1. The van der Waals surface area contributed by atoms with Crippen molar-refractivity contribution in [2.75, 3.05) is 6.54 Å². The van der Waals surface area contributed by atoms with Crippen molar-refractivity contribution >= 4 is 50.4 Å². The maximum absolute atomic E-state index is 12.6. The first-order valence-electron chi connectivity index (χ1n) is 7.69. The van der Waals surface area contributed by atoms with Crippen LogP contribution in [0.25, 0.3) is 0 Å². The van der Waals surface area contributed by atoms with Gasteiger partial charge >= 0.3 is 5.97 Å². The van der Waals surface area contributed by atoms with Crippen LogP contribution in [-0.4, -0.2) is 53.0 Å². The minimum absolute atomic E-state index is 0.0511. The van der Waals surface area contributed by atoms with Gasteiger partial charge in [0.05, 0.1) is 21.3 Å². The number of halogens is 1. The Bertz CT molecular complexity index is 808. The Hall–Kier alpha value is -1.51. The van der Waals surface area contributed by atoms with Crippen molar-refractivity contribution in [3.8, 4) is 0 Å². The Morgan fingerprint density at radius 1 is 1.40 bits per heavy atom. The number of hydrogen-bond donors (Lipinski definition) is 1. The first-order chi connectivity index (χ1) is 11.7. The molecule has 0 bridgehead atoms. The summed E-state index contributed by atoms with van der Waals surface area (Å²) in [5.74, 6) is -1.58. The number of carboxylic acids is 1. The molecule has 6 nitrogen and oxygen atoms in total. The van der Waals surface area contributed by atoms with E-state index >= 15 is 0 Å². The van der Waals surface area contributed by atoms with E-state index in [-0.39, 0.29) is 21.3 Å². The summed E-state index contributed by atoms with van der Waals surface area (Å²) in [6, 6.07) is 5.17. The lowest BCUT2D eigenvalue weighted by atomic mass is 10.2. The molecule has 9 heteroatoms. The minimum atomic E-state index is -3.94. The molecule has 2 rings (SSSR count). The zero-order valence-corrected chi connectivity index (χ0v) is 15.9. The van der Waals surface area contributed by atoms with Gasteiger partial charge in [0.25, 0.3) is 0 Å². The second-order valence-corrected chi connectivity index (χ2v) is 8.96. The summed E-state index contributed by atoms with van der Waals surface area (Å²) in [5.41, 5.74) is 0. The molecular formula is C16H18ClNO5S2. The Morgan fingerprint density at radius 2 is 2.04 bits per heavy atom. The van der Waals surface area contributed by atoms with Gasteiger partial charge in [-0.1, -0.05) is 36.0 Å². The molecule has 1 fully saturated rings. The quantitative estimate of drug-likeness (QED) is 0.728. The SMILES string of the molecule is CC(C(=O)CC(=S)N1CCCC1C(=O)O)S(=O)(=O)c1ccccc1Cl. The largest absolute Gasteiger partial charge is 0.480 e. The molecule has 1 aliphatic rings. The predicted octanol–water partition coefficient (Wildman–Crippen LogP) is 2.34. The fourth-order valence-corrected chi connectivity index (χ4v) is 4.99. The summed E-state index contributed by atoms with van der Waals surface area (Å²) in [7, 11) is -3.94. The number of likely N-dealkylation sites (tertiary alicyclic amines) is 1. The molecule has 136 valence electrons. The maximum atomic E-state index is 12.6. The van der Waals surface area contributed by atoms with E-state index in [1.54, 1.807) is 6.07 Å². The number of aliphatic carboxylic acids is 1. The first kappa shape index (κ1) is 19.8. The molecule has 0 radical (unpaired) electrons. The summed E-state index contributed by atoms with van der Waals surface area (Å²) in [6.07, 6.45) is 0.833. The molecule has 1 aliphatic heterocycles. The zero-order chi connectivity index (χ0) is 18.8. The van der Waals surface area contributed by atoms with Gasteiger partial charge in [0.1, 0.15) is 11.3 Å². The van der Waals surface area contributed by atoms with Gasteiger partial charge in [0.15, 0.2) is 15.6 Å². The van der Waals surface area contributed by atoms with Crippen molar-refractivity contribution in [1.29, 1.82) is 0 Å². The molecular weight excluding hydrogens is 386 g/mol. The second-order valence-electron chi connectivity index (χ2n) is 5.84. The van der Waals surface area contributed by atoms with Gasteiger partial charge in [-0.2, -0.15) is 0 Å². The molecule has 1 heterocycles. The number of carboxylic acid groups (broad SMARTS) is 1. The molecule has 25 heavy (non-hydrogen) atoms. The van der Waals surface area contributed by atoms with Crippen LogP contribution in [0.5, 0.6) is 0 Å². The first-order valence-corrected chi connectivity index (χ1v) is 10.0. The minimum Gasteiger partial charge on any atom is -0.480 e. The number of rotatable bonds is 6. The van der Waals surface area contributed by atoms with E-state index in [9.17, 15) is 23.1 Å². The smallest absolute Gasteiger partial charge is 0.326 e. The standard InChI is InChI=1S/C16H18ClNO5S2/c1-10(25(22,23)14-7-3-2-5-11(14)17)13(19)9-15(24)18-8-4-6-12(18)16(20)21/h2-3,5,7,10,12H,4,6,8-9H2,1H3,(H,20,21). The van der Waals surface area contributed by atoms with Crippen LogP contribution in [0.15, 0.2) is 29.2 Å². The number of sulfone groups is 1. The Morgan fingerprint density at radius 3 is 2.64 bits per heavy atom. The molecule has 2 atom stereocenters. The van der Waals surface area contributed by atoms with E-state index in [0.29, 0.717) is 19.4 Å². The van der Waals surface area contributed by atoms with Crippen LogP contribution in [0.2, 0.25) is 5.02 Å². The topological polar surface area (TPSA) is 91.8 Å². The Labute approximate surface area is 156 Å². The highest BCUT2D eigenvalue weighted by atomic mass is 35.5. The number of benzene rings is 1. The van der Waals surface area contributed by atoms with Crippen LogP contribution in [-0.2, 0) is 19.4 Å². The summed E-state index contributed by atoms with van der Waals surface area (Å²) in [5, 5.41) is 7.92. The molecule has 0 aliphatic carbocycles. The van der Waals surface area contributed by atoms with Crippen LogP contribution in [0.1, 0.15) is 26.2 Å². The van der Waals surface area contributed by atoms with Crippen LogP contribution in [0.3, 0.4) is 0 Å². The van der Waals surface area contributed by atoms with Crippen LogP contribution in [0.4, 0.5) is 0 Å². The summed E-state index contributed by atoms with van der Waals surface area (Å²) < 4.78 is 25.2. The third kappa shape index (κ3) is 4.19. The monoisotopic (exact) mass is 403 g/mol. The lowest BCUT2D eigenvalue weighted by molar-refractivity contribution is -0.141. The van der Waals surface area contributed by atoms with Gasteiger partial charge < -0.3 is 10.0 Å². The average molecular weight is 404 g/mol. The summed E-state index contributed by atoms with van der Waals surface area (Å²) in [4.78, 5) is 25.2. The highest BCUT2D eigenvalue weighted by molar-refractivity contribution is 7.93. The molecule has 2 unspecified atom stereocenters. The maximum Gasteiger partial charge on any atom is 0.326 e. The van der Waals surface area contributed by atoms with Crippen LogP contribution in [0, 0.1) is 0 Å². The number of Topliss-reactive ketones (excluding diaryl/α,β-unsaturated/α-hetero) is 1. The fraction of sp³-hybridized carbons (Fsp3) is 0.438. The van der Waals surface area contributed by atoms with Crippen LogP contribution >= 0.6 is 23.8 Å². The van der Waals surface area contributed by atoms with Crippen molar-refractivity contribution in [2.24, 2.45) is 0 Å². The van der Waals surface area contributed by atoms with Crippen molar-refractivity contribution in [1.82, 2.24) is 4.90 Å². The molecule has 1 aromatic carbocycles. The van der Waals surface area contributed by atoms with Gasteiger partial charge in [0.2, 0.25) is 0 Å². The Kier molecular flexibility index (Phi) is 6.18. The zero-order valence-electron chi connectivity index (χ0n) is 13.5. The van der Waals surface area contributed by atoms with Gasteiger partial charge in [0, 0.05) is 6.54 Å². The van der Waals surface area contributed by atoms with E-state index in [0.717, 1.165) is 0 Å². The predicted molar refractivity (Wildman–Crippen MR) is 97.7 cm³/mol. The van der Waals surface area contributed by atoms with Gasteiger partial charge in [-0.3, -0.25) is 4.79 Å². The molecule has 1 N–H and O–H groups in total. The third-order valence-corrected chi connectivity index (χ3v) is 7.23. The average Bonchev–Trinajstić information content (AvgIpc) is 3.04. The highest BCUT2D eigenvalue weighted by Gasteiger charge is 2.36. The highest BCUT2D eigenvalue weighted by Crippen LogP contribution is 2.26. The second kappa shape index (κ2) is 7.80. The number of nitrogens with zero attached hydrogens (tertiary/aromatic N) is 1. The normalized spacial score (nSPS) is 18.8. The fourth-order valence-electron chi connectivity index (χ4n) is 2.76. The van der Waals surface area contributed by atoms with Crippen molar-refractivity contribution in [3.63, 3.8) is 0 Å². The Balaban J connectivity index is 2.14. The summed E-state index contributed by atoms with van der Waals surface area (Å²) in [6.45, 7) is 1.75. The number of thiocarbonyl (C=S) groups is 1. The van der Waals surface area contributed by atoms with Crippen molar-refractivity contribution < 1.29 is 23.1 Å². The number of hydrogen-bond acceptors (Lipinski definition) is 5. The summed E-state index contributed by atoms with van der Waals surface area (Å²) >= 11 is 11.1. The molecule has 1 aromatic rings. The molecule has 0 saturated carbocycles.